The normalized spacial score (nSPS) is 22.8. The molecule has 6 heteroatoms. The molecule has 0 spiro atoms. The zero-order valence-electron chi connectivity index (χ0n) is 11.7. The fourth-order valence-electron chi connectivity index (χ4n) is 2.06. The highest BCUT2D eigenvalue weighted by molar-refractivity contribution is 7.89. The van der Waals surface area contributed by atoms with Crippen LogP contribution in [0.3, 0.4) is 0 Å². The van der Waals surface area contributed by atoms with Crippen molar-refractivity contribution in [3.8, 4) is 0 Å². The number of hydrogen-bond acceptors (Lipinski definition) is 3. The third-order valence-corrected chi connectivity index (χ3v) is 4.86. The molecule has 1 amide bonds. The molecule has 1 atom stereocenters. The molecular weight excluding hydrogens is 252 g/mol. The topological polar surface area (TPSA) is 66.5 Å². The minimum absolute atomic E-state index is 0.0431. The van der Waals surface area contributed by atoms with E-state index in [1.165, 1.54) is 4.31 Å². The summed E-state index contributed by atoms with van der Waals surface area (Å²) < 4.78 is 25.1. The summed E-state index contributed by atoms with van der Waals surface area (Å²) in [5, 5.41) is 2.92. The van der Waals surface area contributed by atoms with Crippen molar-refractivity contribution in [3.05, 3.63) is 0 Å². The van der Waals surface area contributed by atoms with Crippen LogP contribution in [-0.4, -0.2) is 43.0 Å². The van der Waals surface area contributed by atoms with E-state index in [0.717, 1.165) is 12.8 Å². The molecule has 0 aromatic carbocycles. The summed E-state index contributed by atoms with van der Waals surface area (Å²) in [6.07, 6.45) is 1.51. The Hall–Kier alpha value is -0.620. The number of carbonyl (C=O) groups is 1. The summed E-state index contributed by atoms with van der Waals surface area (Å²) in [6.45, 7) is 8.26. The number of rotatable bonds is 3. The number of nitrogens with zero attached hydrogens (tertiary/aromatic N) is 1. The van der Waals surface area contributed by atoms with E-state index in [2.05, 4.69) is 5.32 Å². The Kier molecular flexibility index (Phi) is 4.78. The molecule has 1 fully saturated rings. The van der Waals surface area contributed by atoms with Gasteiger partial charge in [0.25, 0.3) is 0 Å². The van der Waals surface area contributed by atoms with Crippen molar-refractivity contribution < 1.29 is 13.2 Å². The van der Waals surface area contributed by atoms with E-state index in [1.54, 1.807) is 6.92 Å². The van der Waals surface area contributed by atoms with Gasteiger partial charge in [-0.2, -0.15) is 0 Å². The van der Waals surface area contributed by atoms with Crippen molar-refractivity contribution in [2.75, 3.05) is 18.8 Å². The van der Waals surface area contributed by atoms with Crippen LogP contribution in [0.25, 0.3) is 0 Å². The number of carbonyl (C=O) groups excluding carboxylic acids is 1. The van der Waals surface area contributed by atoms with Crippen LogP contribution < -0.4 is 5.32 Å². The Labute approximate surface area is 110 Å². The second kappa shape index (κ2) is 5.57. The van der Waals surface area contributed by atoms with E-state index in [-0.39, 0.29) is 23.1 Å². The molecule has 0 bridgehead atoms. The maximum atomic E-state index is 12.0. The lowest BCUT2D eigenvalue weighted by atomic mass is 9.97. The average molecular weight is 276 g/mol. The number of piperidine rings is 1. The number of sulfonamides is 1. The van der Waals surface area contributed by atoms with E-state index in [1.807, 2.05) is 20.8 Å². The van der Waals surface area contributed by atoms with Gasteiger partial charge >= 0.3 is 0 Å². The van der Waals surface area contributed by atoms with Crippen molar-refractivity contribution in [1.82, 2.24) is 9.62 Å². The minimum Gasteiger partial charge on any atom is -0.351 e. The predicted octanol–water partition coefficient (Wildman–Crippen LogP) is 0.963. The monoisotopic (exact) mass is 276 g/mol. The molecule has 0 radical (unpaired) electrons. The van der Waals surface area contributed by atoms with Gasteiger partial charge in [0.15, 0.2) is 0 Å². The molecule has 0 saturated carbocycles. The first kappa shape index (κ1) is 15.4. The smallest absolute Gasteiger partial charge is 0.224 e. The lowest BCUT2D eigenvalue weighted by molar-refractivity contribution is -0.127. The highest BCUT2D eigenvalue weighted by atomic mass is 32.2. The predicted molar refractivity (Wildman–Crippen MR) is 71.7 cm³/mol. The maximum absolute atomic E-state index is 12.0. The summed E-state index contributed by atoms with van der Waals surface area (Å²) in [7, 11) is -3.18. The van der Waals surface area contributed by atoms with Crippen molar-refractivity contribution in [2.24, 2.45) is 5.92 Å². The summed E-state index contributed by atoms with van der Waals surface area (Å²) in [5.41, 5.74) is -0.275. The number of amides is 1. The molecule has 1 saturated heterocycles. The average Bonchev–Trinajstić information content (AvgIpc) is 2.27. The minimum atomic E-state index is -3.18. The van der Waals surface area contributed by atoms with Crippen LogP contribution >= 0.6 is 0 Å². The number of hydrogen-bond donors (Lipinski definition) is 1. The zero-order chi connectivity index (χ0) is 14.0. The lowest BCUT2D eigenvalue weighted by Crippen LogP contribution is -2.49. The molecule has 1 heterocycles. The zero-order valence-corrected chi connectivity index (χ0v) is 12.5. The summed E-state index contributed by atoms with van der Waals surface area (Å²) in [5.74, 6) is -0.168. The van der Waals surface area contributed by atoms with E-state index >= 15 is 0 Å². The lowest BCUT2D eigenvalue weighted by Gasteiger charge is -2.32. The SMILES string of the molecule is CCS(=O)(=O)N1CCC[C@@H](C(=O)NC(C)(C)C)C1. The van der Waals surface area contributed by atoms with Crippen LogP contribution in [0.5, 0.6) is 0 Å². The summed E-state index contributed by atoms with van der Waals surface area (Å²) in [4.78, 5) is 12.0. The molecule has 18 heavy (non-hydrogen) atoms. The van der Waals surface area contributed by atoms with Crippen molar-refractivity contribution in [1.29, 1.82) is 0 Å². The van der Waals surface area contributed by atoms with Crippen LogP contribution in [-0.2, 0) is 14.8 Å². The first-order valence-electron chi connectivity index (χ1n) is 6.45. The third kappa shape index (κ3) is 4.24. The Bertz CT molecular complexity index is 398. The van der Waals surface area contributed by atoms with Crippen molar-refractivity contribution >= 4 is 15.9 Å². The Balaban J connectivity index is 2.67. The highest BCUT2D eigenvalue weighted by Crippen LogP contribution is 2.20. The number of nitrogens with one attached hydrogen (secondary N) is 1. The fraction of sp³-hybridized carbons (Fsp3) is 0.917. The Morgan fingerprint density at radius 2 is 2.00 bits per heavy atom. The van der Waals surface area contributed by atoms with Gasteiger partial charge in [-0.1, -0.05) is 0 Å². The molecule has 106 valence electrons. The van der Waals surface area contributed by atoms with Gasteiger partial charge in [0.2, 0.25) is 15.9 Å². The standard InChI is InChI=1S/C12H24N2O3S/c1-5-18(16,17)14-8-6-7-10(9-14)11(15)13-12(2,3)4/h10H,5-9H2,1-4H3,(H,13,15)/t10-/m1/s1. The molecule has 1 aliphatic heterocycles. The second-order valence-electron chi connectivity index (χ2n) is 5.84. The van der Waals surface area contributed by atoms with E-state index < -0.39 is 10.0 Å². The Morgan fingerprint density at radius 1 is 1.39 bits per heavy atom. The van der Waals surface area contributed by atoms with Crippen molar-refractivity contribution in [2.45, 2.75) is 46.1 Å². The van der Waals surface area contributed by atoms with E-state index in [4.69, 9.17) is 0 Å². The molecule has 0 aliphatic carbocycles. The van der Waals surface area contributed by atoms with E-state index in [0.29, 0.717) is 13.1 Å². The van der Waals surface area contributed by atoms with Crippen molar-refractivity contribution in [3.63, 3.8) is 0 Å². The quantitative estimate of drug-likeness (QED) is 0.835. The van der Waals surface area contributed by atoms with Crippen LogP contribution in [0.15, 0.2) is 0 Å². The first-order chi connectivity index (χ1) is 8.15. The summed E-state index contributed by atoms with van der Waals surface area (Å²) in [6, 6.07) is 0. The van der Waals surface area contributed by atoms with Gasteiger partial charge < -0.3 is 5.32 Å². The second-order valence-corrected chi connectivity index (χ2v) is 8.09. The molecule has 1 rings (SSSR count). The van der Waals surface area contributed by atoms with Crippen LogP contribution in [0, 0.1) is 5.92 Å². The molecular formula is C12H24N2O3S. The molecule has 5 nitrogen and oxygen atoms in total. The summed E-state index contributed by atoms with van der Waals surface area (Å²) >= 11 is 0. The maximum Gasteiger partial charge on any atom is 0.224 e. The van der Waals surface area contributed by atoms with Gasteiger partial charge in [0.1, 0.15) is 0 Å². The first-order valence-corrected chi connectivity index (χ1v) is 8.06. The van der Waals surface area contributed by atoms with E-state index in [9.17, 15) is 13.2 Å². The molecule has 0 unspecified atom stereocenters. The van der Waals surface area contributed by atoms with Crippen LogP contribution in [0.1, 0.15) is 40.5 Å². The molecule has 1 aliphatic rings. The van der Waals surface area contributed by atoms with Crippen LogP contribution in [0.4, 0.5) is 0 Å². The Morgan fingerprint density at radius 3 is 2.50 bits per heavy atom. The van der Waals surface area contributed by atoms with Crippen LogP contribution in [0.2, 0.25) is 0 Å². The molecule has 0 aromatic rings. The fourth-order valence-corrected chi connectivity index (χ4v) is 3.24. The van der Waals surface area contributed by atoms with Gasteiger partial charge in [0, 0.05) is 18.6 Å². The highest BCUT2D eigenvalue weighted by Gasteiger charge is 2.32. The van der Waals surface area contributed by atoms with Gasteiger partial charge in [-0.25, -0.2) is 12.7 Å². The van der Waals surface area contributed by atoms with Gasteiger partial charge in [0.05, 0.1) is 11.7 Å². The third-order valence-electron chi connectivity index (χ3n) is 3.01. The van der Waals surface area contributed by atoms with Gasteiger partial charge in [-0.3, -0.25) is 4.79 Å². The largest absolute Gasteiger partial charge is 0.351 e. The van der Waals surface area contributed by atoms with Gasteiger partial charge in [-0.15, -0.1) is 0 Å². The molecule has 0 aromatic heterocycles. The van der Waals surface area contributed by atoms with Gasteiger partial charge in [-0.05, 0) is 40.5 Å². The molecule has 1 N–H and O–H groups in total.